The first kappa shape index (κ1) is 19.5. The summed E-state index contributed by atoms with van der Waals surface area (Å²) in [6.45, 7) is 5.91. The zero-order chi connectivity index (χ0) is 19.6. The maximum absolute atomic E-state index is 13.0. The fourth-order valence-electron chi connectivity index (χ4n) is 2.87. The minimum atomic E-state index is -0.346. The fourth-order valence-corrected chi connectivity index (χ4v) is 4.18. The van der Waals surface area contributed by atoms with Crippen LogP contribution >= 0.6 is 23.4 Å². The van der Waals surface area contributed by atoms with Gasteiger partial charge < -0.3 is 0 Å². The van der Waals surface area contributed by atoms with Crippen molar-refractivity contribution in [3.8, 4) is 6.07 Å². The van der Waals surface area contributed by atoms with Gasteiger partial charge in [-0.2, -0.15) is 5.26 Å². The van der Waals surface area contributed by atoms with Crippen molar-refractivity contribution >= 4 is 34.3 Å². The van der Waals surface area contributed by atoms with E-state index in [2.05, 4.69) is 11.1 Å². The highest BCUT2D eigenvalue weighted by molar-refractivity contribution is 8.00. The zero-order valence-electron chi connectivity index (χ0n) is 15.4. The van der Waals surface area contributed by atoms with E-state index >= 15 is 0 Å². The molecule has 0 spiro atoms. The van der Waals surface area contributed by atoms with Crippen LogP contribution in [0.1, 0.15) is 31.0 Å². The number of benzene rings is 2. The van der Waals surface area contributed by atoms with Gasteiger partial charge in [0.1, 0.15) is 5.25 Å². The van der Waals surface area contributed by atoms with E-state index in [1.54, 1.807) is 22.8 Å². The van der Waals surface area contributed by atoms with E-state index in [1.165, 1.54) is 17.3 Å². The molecule has 27 heavy (non-hydrogen) atoms. The predicted molar refractivity (Wildman–Crippen MR) is 112 cm³/mol. The molecule has 3 aromatic rings. The number of aryl methyl sites for hydroxylation is 1. The number of halogens is 1. The van der Waals surface area contributed by atoms with Crippen molar-refractivity contribution < 1.29 is 0 Å². The van der Waals surface area contributed by atoms with Gasteiger partial charge in [-0.05, 0) is 51.0 Å². The summed E-state index contributed by atoms with van der Waals surface area (Å²) < 4.78 is 1.65. The van der Waals surface area contributed by atoms with Gasteiger partial charge in [0.25, 0.3) is 5.56 Å². The van der Waals surface area contributed by atoms with E-state index < -0.39 is 0 Å². The van der Waals surface area contributed by atoms with E-state index in [0.29, 0.717) is 27.5 Å². The average molecular weight is 398 g/mol. The highest BCUT2D eigenvalue weighted by Crippen LogP contribution is 2.27. The topological polar surface area (TPSA) is 58.7 Å². The summed E-state index contributed by atoms with van der Waals surface area (Å²) in [5.74, 6) is 0. The molecule has 0 radical (unpaired) electrons. The van der Waals surface area contributed by atoms with Crippen LogP contribution in [0.4, 0.5) is 0 Å². The van der Waals surface area contributed by atoms with Gasteiger partial charge in [0.15, 0.2) is 5.16 Å². The number of thioether (sulfide) groups is 1. The fraction of sp³-hybridized carbons (Fsp3) is 0.286. The number of aromatic nitrogens is 2. The second-order valence-electron chi connectivity index (χ2n) is 6.75. The molecule has 0 saturated heterocycles. The van der Waals surface area contributed by atoms with Gasteiger partial charge in [0, 0.05) is 11.1 Å². The molecule has 0 N–H and O–H groups in total. The van der Waals surface area contributed by atoms with Gasteiger partial charge in [0.05, 0.1) is 17.0 Å². The Labute approximate surface area is 167 Å². The van der Waals surface area contributed by atoms with Crippen molar-refractivity contribution in [3.63, 3.8) is 0 Å². The smallest absolute Gasteiger partial charge is 0.262 e. The molecule has 6 heteroatoms. The summed E-state index contributed by atoms with van der Waals surface area (Å²) in [5, 5.41) is 10.9. The summed E-state index contributed by atoms with van der Waals surface area (Å²) in [5.41, 5.74) is 2.71. The zero-order valence-corrected chi connectivity index (χ0v) is 17.0. The molecule has 0 amide bonds. The lowest BCUT2D eigenvalue weighted by atomic mass is 10.1. The average Bonchev–Trinajstić information content (AvgIpc) is 2.62. The first-order chi connectivity index (χ1) is 12.9. The number of nitriles is 1. The Morgan fingerprint density at radius 2 is 1.93 bits per heavy atom. The Morgan fingerprint density at radius 3 is 2.56 bits per heavy atom. The van der Waals surface area contributed by atoms with Crippen LogP contribution in [0.25, 0.3) is 10.9 Å². The van der Waals surface area contributed by atoms with Crippen molar-refractivity contribution in [1.29, 1.82) is 5.26 Å². The number of hydrogen-bond acceptors (Lipinski definition) is 4. The monoisotopic (exact) mass is 397 g/mol. The van der Waals surface area contributed by atoms with Crippen LogP contribution in [0.5, 0.6) is 0 Å². The number of fused-ring (bicyclic) bond motifs is 1. The Balaban J connectivity index is 2.01. The minimum Gasteiger partial charge on any atom is -0.284 e. The van der Waals surface area contributed by atoms with Crippen LogP contribution in [0, 0.1) is 18.3 Å². The lowest BCUT2D eigenvalue weighted by Crippen LogP contribution is -2.25. The Bertz CT molecular complexity index is 1070. The summed E-state index contributed by atoms with van der Waals surface area (Å²) in [4.78, 5) is 17.6. The van der Waals surface area contributed by atoms with Crippen molar-refractivity contribution in [3.05, 3.63) is 69.0 Å². The first-order valence-electron chi connectivity index (χ1n) is 8.72. The molecular formula is C21H20ClN3OS. The van der Waals surface area contributed by atoms with Crippen LogP contribution in [0.2, 0.25) is 5.02 Å². The third-order valence-corrected chi connectivity index (χ3v) is 5.57. The summed E-state index contributed by atoms with van der Waals surface area (Å²) >= 11 is 7.40. The Kier molecular flexibility index (Phi) is 5.88. The largest absolute Gasteiger partial charge is 0.284 e. The van der Waals surface area contributed by atoms with Crippen LogP contribution in [-0.2, 0) is 6.42 Å². The second-order valence-corrected chi connectivity index (χ2v) is 8.36. The Morgan fingerprint density at radius 1 is 1.22 bits per heavy atom. The molecule has 2 aromatic carbocycles. The lowest BCUT2D eigenvalue weighted by Gasteiger charge is -2.18. The highest BCUT2D eigenvalue weighted by Gasteiger charge is 2.19. The number of rotatable bonds is 5. The molecule has 0 aliphatic rings. The van der Waals surface area contributed by atoms with E-state index in [1.807, 2.05) is 45.0 Å². The molecule has 1 heterocycles. The molecule has 1 atom stereocenters. The molecule has 4 nitrogen and oxygen atoms in total. The molecule has 138 valence electrons. The predicted octanol–water partition coefficient (Wildman–Crippen LogP) is 5.17. The van der Waals surface area contributed by atoms with Gasteiger partial charge in [0.2, 0.25) is 0 Å². The van der Waals surface area contributed by atoms with Crippen LogP contribution in [0.3, 0.4) is 0 Å². The first-order valence-corrected chi connectivity index (χ1v) is 9.98. The standard InChI is InChI=1S/C21H20ClN3OS/c1-13(2)25-20(26)18-9-8-16(22)11-19(18)24-21(25)27-17(12-23)10-15-6-4-14(3)5-7-15/h4-9,11,13,17H,10H2,1-3H3/t17-/m1/s1. The minimum absolute atomic E-state index is 0.0636. The maximum Gasteiger partial charge on any atom is 0.262 e. The molecule has 0 fully saturated rings. The maximum atomic E-state index is 13.0. The van der Waals surface area contributed by atoms with Crippen LogP contribution in [0.15, 0.2) is 52.4 Å². The molecule has 0 aliphatic carbocycles. The normalized spacial score (nSPS) is 12.3. The molecular weight excluding hydrogens is 378 g/mol. The van der Waals surface area contributed by atoms with Crippen molar-refractivity contribution in [2.75, 3.05) is 0 Å². The van der Waals surface area contributed by atoms with Gasteiger partial charge in [-0.25, -0.2) is 4.98 Å². The quantitative estimate of drug-likeness (QED) is 0.440. The van der Waals surface area contributed by atoms with Crippen LogP contribution < -0.4 is 5.56 Å². The molecule has 0 aliphatic heterocycles. The van der Waals surface area contributed by atoms with Gasteiger partial charge >= 0.3 is 0 Å². The summed E-state index contributed by atoms with van der Waals surface area (Å²) in [6.07, 6.45) is 0.586. The molecule has 0 unspecified atom stereocenters. The van der Waals surface area contributed by atoms with E-state index in [9.17, 15) is 10.1 Å². The molecule has 3 rings (SSSR count). The molecule has 0 saturated carbocycles. The van der Waals surface area contributed by atoms with E-state index in [-0.39, 0.29) is 16.9 Å². The number of hydrogen-bond donors (Lipinski definition) is 0. The number of nitrogens with zero attached hydrogens (tertiary/aromatic N) is 3. The Hall–Kier alpha value is -2.29. The van der Waals surface area contributed by atoms with Gasteiger partial charge in [-0.15, -0.1) is 0 Å². The summed E-state index contributed by atoms with van der Waals surface area (Å²) in [7, 11) is 0. The van der Waals surface area contributed by atoms with Crippen molar-refractivity contribution in [2.45, 2.75) is 43.6 Å². The van der Waals surface area contributed by atoms with Crippen molar-refractivity contribution in [2.24, 2.45) is 0 Å². The molecule has 0 bridgehead atoms. The lowest BCUT2D eigenvalue weighted by molar-refractivity contribution is 0.518. The third-order valence-electron chi connectivity index (χ3n) is 4.28. The van der Waals surface area contributed by atoms with E-state index in [4.69, 9.17) is 11.6 Å². The van der Waals surface area contributed by atoms with Gasteiger partial charge in [-0.3, -0.25) is 9.36 Å². The molecule has 1 aromatic heterocycles. The van der Waals surface area contributed by atoms with Crippen molar-refractivity contribution in [1.82, 2.24) is 9.55 Å². The SMILES string of the molecule is Cc1ccc(C[C@H](C#N)Sc2nc3cc(Cl)ccc3c(=O)n2C(C)C)cc1. The van der Waals surface area contributed by atoms with Crippen LogP contribution in [-0.4, -0.2) is 14.8 Å². The second kappa shape index (κ2) is 8.16. The highest BCUT2D eigenvalue weighted by atomic mass is 35.5. The third kappa shape index (κ3) is 4.35. The van der Waals surface area contributed by atoms with Gasteiger partial charge in [-0.1, -0.05) is 53.2 Å². The summed E-state index contributed by atoms with van der Waals surface area (Å²) in [6, 6.07) is 15.5. The van der Waals surface area contributed by atoms with E-state index in [0.717, 1.165) is 5.56 Å².